The molecule has 0 aromatic heterocycles. The SMILES string of the molecule is CCc1cc([C@H]2NC(=O)N(c3ccc(C)cc3)C=C2C(C)C)ccc1CCC(C)(C)C. The summed E-state index contributed by atoms with van der Waals surface area (Å²) in [4.78, 5) is 14.8. The summed E-state index contributed by atoms with van der Waals surface area (Å²) in [6.45, 7) is 15.6. The zero-order valence-corrected chi connectivity index (χ0v) is 20.3. The predicted molar refractivity (Wildman–Crippen MR) is 131 cm³/mol. The molecule has 166 valence electrons. The highest BCUT2D eigenvalue weighted by atomic mass is 16.2. The Balaban J connectivity index is 1.93. The second-order valence-electron chi connectivity index (χ2n) is 10.3. The van der Waals surface area contributed by atoms with Crippen molar-refractivity contribution in [1.29, 1.82) is 0 Å². The molecule has 0 spiro atoms. The van der Waals surface area contributed by atoms with Crippen LogP contribution in [0.15, 0.2) is 54.2 Å². The first-order chi connectivity index (χ1) is 14.6. The normalized spacial score (nSPS) is 17.0. The average molecular weight is 419 g/mol. The standard InChI is InChI=1S/C28H38N2O/c1-8-21-17-23(12-11-22(21)15-16-28(5,6)7)26-25(19(2)3)18-30(27(31)29-26)24-13-9-20(4)10-14-24/h9-14,17-19,26H,8,15-16H2,1-7H3,(H,29,31)/t26-/m1/s1. The number of hydrogen-bond acceptors (Lipinski definition) is 1. The Bertz CT molecular complexity index is 948. The Hall–Kier alpha value is -2.55. The molecule has 1 atom stereocenters. The molecule has 2 aromatic rings. The van der Waals surface area contributed by atoms with Crippen molar-refractivity contribution in [1.82, 2.24) is 5.32 Å². The Morgan fingerprint density at radius 1 is 1.03 bits per heavy atom. The van der Waals surface area contributed by atoms with Gasteiger partial charge in [-0.05, 0) is 71.9 Å². The maximum absolute atomic E-state index is 13.0. The van der Waals surface area contributed by atoms with Gasteiger partial charge in [-0.1, -0.05) is 77.4 Å². The second kappa shape index (κ2) is 9.30. The summed E-state index contributed by atoms with van der Waals surface area (Å²) in [6.07, 6.45) is 5.31. The first kappa shape index (κ1) is 23.1. The Kier molecular flexibility index (Phi) is 6.93. The van der Waals surface area contributed by atoms with Crippen molar-refractivity contribution in [2.24, 2.45) is 11.3 Å². The van der Waals surface area contributed by atoms with E-state index in [2.05, 4.69) is 72.0 Å². The first-order valence-electron chi connectivity index (χ1n) is 11.6. The fraction of sp³-hybridized carbons (Fsp3) is 0.464. The van der Waals surface area contributed by atoms with Crippen molar-refractivity contribution in [3.05, 3.63) is 76.5 Å². The van der Waals surface area contributed by atoms with E-state index in [1.165, 1.54) is 34.2 Å². The van der Waals surface area contributed by atoms with Crippen molar-refractivity contribution >= 4 is 11.7 Å². The van der Waals surface area contributed by atoms with Gasteiger partial charge in [-0.25, -0.2) is 4.79 Å². The lowest BCUT2D eigenvalue weighted by molar-refractivity contribution is 0.243. The Labute approximate surface area is 188 Å². The molecule has 1 heterocycles. The number of anilines is 1. The van der Waals surface area contributed by atoms with Crippen molar-refractivity contribution in [2.75, 3.05) is 4.90 Å². The number of nitrogens with zero attached hydrogens (tertiary/aromatic N) is 1. The molecular formula is C28H38N2O. The molecule has 3 rings (SSSR count). The van der Waals surface area contributed by atoms with Crippen molar-refractivity contribution in [2.45, 2.75) is 73.8 Å². The van der Waals surface area contributed by atoms with Gasteiger partial charge >= 0.3 is 6.03 Å². The summed E-state index contributed by atoms with van der Waals surface area (Å²) < 4.78 is 0. The summed E-state index contributed by atoms with van der Waals surface area (Å²) in [5.41, 5.74) is 7.63. The number of benzene rings is 2. The van der Waals surface area contributed by atoms with Gasteiger partial charge in [0.05, 0.1) is 11.7 Å². The van der Waals surface area contributed by atoms with E-state index in [9.17, 15) is 4.79 Å². The lowest BCUT2D eigenvalue weighted by atomic mass is 9.85. The highest BCUT2D eigenvalue weighted by molar-refractivity contribution is 5.95. The van der Waals surface area contributed by atoms with E-state index in [1.54, 1.807) is 4.90 Å². The molecule has 0 aliphatic carbocycles. The van der Waals surface area contributed by atoms with E-state index in [1.807, 2.05) is 30.5 Å². The van der Waals surface area contributed by atoms with Crippen molar-refractivity contribution in [3.8, 4) is 0 Å². The van der Waals surface area contributed by atoms with E-state index in [-0.39, 0.29) is 12.1 Å². The summed E-state index contributed by atoms with van der Waals surface area (Å²) in [6, 6.07) is 14.7. The number of carbonyl (C=O) groups excluding carboxylic acids is 1. The number of nitrogens with one attached hydrogen (secondary N) is 1. The smallest absolute Gasteiger partial charge is 0.326 e. The first-order valence-corrected chi connectivity index (χ1v) is 11.6. The second-order valence-corrected chi connectivity index (χ2v) is 10.3. The lowest BCUT2D eigenvalue weighted by Crippen LogP contribution is -2.44. The molecule has 3 nitrogen and oxygen atoms in total. The molecule has 3 heteroatoms. The highest BCUT2D eigenvalue weighted by Gasteiger charge is 2.30. The largest absolute Gasteiger partial charge is 0.327 e. The molecule has 1 aliphatic heterocycles. The molecule has 0 unspecified atom stereocenters. The fourth-order valence-corrected chi connectivity index (χ4v) is 4.12. The van der Waals surface area contributed by atoms with Crippen LogP contribution in [0.4, 0.5) is 10.5 Å². The minimum absolute atomic E-state index is 0.0758. The van der Waals surface area contributed by atoms with Gasteiger partial charge in [-0.2, -0.15) is 0 Å². The van der Waals surface area contributed by atoms with Gasteiger partial charge in [0.25, 0.3) is 0 Å². The monoisotopic (exact) mass is 418 g/mol. The van der Waals surface area contributed by atoms with E-state index < -0.39 is 0 Å². The van der Waals surface area contributed by atoms with E-state index in [0.717, 1.165) is 18.5 Å². The third-order valence-corrected chi connectivity index (χ3v) is 6.17. The molecule has 2 amide bonds. The number of carbonyl (C=O) groups is 1. The number of rotatable bonds is 6. The Morgan fingerprint density at radius 3 is 2.29 bits per heavy atom. The molecule has 31 heavy (non-hydrogen) atoms. The summed E-state index contributed by atoms with van der Waals surface area (Å²) >= 11 is 0. The van der Waals surface area contributed by atoms with Crippen LogP contribution >= 0.6 is 0 Å². The lowest BCUT2D eigenvalue weighted by Gasteiger charge is -2.34. The molecule has 2 aromatic carbocycles. The molecule has 0 radical (unpaired) electrons. The van der Waals surface area contributed by atoms with E-state index in [0.29, 0.717) is 11.3 Å². The summed E-state index contributed by atoms with van der Waals surface area (Å²) in [5, 5.41) is 3.27. The predicted octanol–water partition coefficient (Wildman–Crippen LogP) is 7.35. The van der Waals surface area contributed by atoms with Gasteiger partial charge in [0.15, 0.2) is 0 Å². The number of hydrogen-bond donors (Lipinski definition) is 1. The quantitative estimate of drug-likeness (QED) is 0.522. The summed E-state index contributed by atoms with van der Waals surface area (Å²) in [5.74, 6) is 0.323. The summed E-state index contributed by atoms with van der Waals surface area (Å²) in [7, 11) is 0. The van der Waals surface area contributed by atoms with Crippen molar-refractivity contribution < 1.29 is 4.79 Å². The van der Waals surface area contributed by atoms with Crippen molar-refractivity contribution in [3.63, 3.8) is 0 Å². The van der Waals surface area contributed by atoms with Crippen LogP contribution in [-0.4, -0.2) is 6.03 Å². The van der Waals surface area contributed by atoms with Crippen LogP contribution in [0.25, 0.3) is 0 Å². The third-order valence-electron chi connectivity index (χ3n) is 6.17. The van der Waals surface area contributed by atoms with Gasteiger partial charge in [0, 0.05) is 6.20 Å². The van der Waals surface area contributed by atoms with Crippen LogP contribution in [-0.2, 0) is 12.8 Å². The van der Waals surface area contributed by atoms with Crippen LogP contribution in [0.1, 0.15) is 76.3 Å². The molecule has 0 saturated carbocycles. The number of urea groups is 1. The van der Waals surface area contributed by atoms with E-state index >= 15 is 0 Å². The molecular weight excluding hydrogens is 380 g/mol. The third kappa shape index (κ3) is 5.58. The maximum atomic E-state index is 13.0. The van der Waals surface area contributed by atoms with Gasteiger partial charge in [0.1, 0.15) is 0 Å². The average Bonchev–Trinajstić information content (AvgIpc) is 2.72. The van der Waals surface area contributed by atoms with Crippen LogP contribution in [0.2, 0.25) is 0 Å². The number of amides is 2. The molecule has 0 saturated heterocycles. The minimum atomic E-state index is -0.0869. The molecule has 0 fully saturated rings. The maximum Gasteiger partial charge on any atom is 0.326 e. The zero-order valence-electron chi connectivity index (χ0n) is 20.3. The highest BCUT2D eigenvalue weighted by Crippen LogP contribution is 2.34. The van der Waals surface area contributed by atoms with Crippen LogP contribution in [0, 0.1) is 18.3 Å². The van der Waals surface area contributed by atoms with Gasteiger partial charge in [-0.15, -0.1) is 0 Å². The van der Waals surface area contributed by atoms with Gasteiger partial charge < -0.3 is 5.32 Å². The topological polar surface area (TPSA) is 32.3 Å². The molecule has 1 N–H and O–H groups in total. The minimum Gasteiger partial charge on any atom is -0.327 e. The molecule has 1 aliphatic rings. The van der Waals surface area contributed by atoms with Gasteiger partial charge in [-0.3, -0.25) is 4.90 Å². The van der Waals surface area contributed by atoms with E-state index in [4.69, 9.17) is 0 Å². The molecule has 0 bridgehead atoms. The zero-order chi connectivity index (χ0) is 22.8. The number of aryl methyl sites for hydroxylation is 3. The van der Waals surface area contributed by atoms with Gasteiger partial charge in [0.2, 0.25) is 0 Å². The fourth-order valence-electron chi connectivity index (χ4n) is 4.12. The Morgan fingerprint density at radius 2 is 1.71 bits per heavy atom. The van der Waals surface area contributed by atoms with Crippen LogP contribution in [0.5, 0.6) is 0 Å². The van der Waals surface area contributed by atoms with Crippen LogP contribution < -0.4 is 10.2 Å². The van der Waals surface area contributed by atoms with Crippen LogP contribution in [0.3, 0.4) is 0 Å².